The summed E-state index contributed by atoms with van der Waals surface area (Å²) >= 11 is 0. The molecule has 0 radical (unpaired) electrons. The van der Waals surface area contributed by atoms with Crippen LogP contribution in [0.15, 0.2) is 43.0 Å². The molecule has 1 rings (SSSR count). The molecule has 0 fully saturated rings. The van der Waals surface area contributed by atoms with Gasteiger partial charge in [0.25, 0.3) is 0 Å². The molecular formula is C16H25NO. The Balaban J connectivity index is 2.16. The van der Waals surface area contributed by atoms with Crippen LogP contribution in [-0.2, 0) is 6.42 Å². The molecule has 0 spiro atoms. The Labute approximate surface area is 111 Å². The fourth-order valence-corrected chi connectivity index (χ4v) is 2.00. The Kier molecular flexibility index (Phi) is 8.19. The number of benzene rings is 1. The van der Waals surface area contributed by atoms with Crippen LogP contribution in [0.3, 0.4) is 0 Å². The highest BCUT2D eigenvalue weighted by Gasteiger charge is 2.06. The van der Waals surface area contributed by atoms with Gasteiger partial charge in [-0.25, -0.2) is 0 Å². The summed E-state index contributed by atoms with van der Waals surface area (Å²) in [5.74, 6) is 0. The van der Waals surface area contributed by atoms with Crippen molar-refractivity contribution in [2.24, 2.45) is 0 Å². The summed E-state index contributed by atoms with van der Waals surface area (Å²) in [7, 11) is 0. The van der Waals surface area contributed by atoms with E-state index in [9.17, 15) is 5.11 Å². The first-order valence-corrected chi connectivity index (χ1v) is 6.86. The number of hydrogen-bond donors (Lipinski definition) is 2. The molecule has 0 bridgehead atoms. The molecule has 1 aromatic carbocycles. The standard InChI is InChI=1S/C16H25NO/c1-2-3-4-5-9-12-17-16(14-18)13-15-10-7-6-8-11-15/h2,6-8,10-11,16-18H,1,3-5,9,12-14H2. The van der Waals surface area contributed by atoms with Crippen LogP contribution in [0.1, 0.15) is 31.2 Å². The largest absolute Gasteiger partial charge is 0.395 e. The molecule has 0 aliphatic heterocycles. The van der Waals surface area contributed by atoms with E-state index in [1.165, 1.54) is 24.8 Å². The van der Waals surface area contributed by atoms with E-state index in [-0.39, 0.29) is 12.6 Å². The molecule has 1 unspecified atom stereocenters. The molecular weight excluding hydrogens is 222 g/mol. The molecule has 0 saturated heterocycles. The number of rotatable bonds is 10. The summed E-state index contributed by atoms with van der Waals surface area (Å²) in [5, 5.41) is 12.8. The van der Waals surface area contributed by atoms with Crippen molar-refractivity contribution in [1.29, 1.82) is 0 Å². The summed E-state index contributed by atoms with van der Waals surface area (Å²) in [6, 6.07) is 10.5. The van der Waals surface area contributed by atoms with Crippen molar-refractivity contribution in [2.45, 2.75) is 38.1 Å². The third-order valence-corrected chi connectivity index (χ3v) is 3.06. The van der Waals surface area contributed by atoms with E-state index < -0.39 is 0 Å². The van der Waals surface area contributed by atoms with Gasteiger partial charge >= 0.3 is 0 Å². The third-order valence-electron chi connectivity index (χ3n) is 3.06. The van der Waals surface area contributed by atoms with Gasteiger partial charge in [-0.3, -0.25) is 0 Å². The molecule has 2 heteroatoms. The van der Waals surface area contributed by atoms with Gasteiger partial charge in [0.15, 0.2) is 0 Å². The van der Waals surface area contributed by atoms with E-state index in [1.54, 1.807) is 0 Å². The van der Waals surface area contributed by atoms with Crippen LogP contribution in [0.25, 0.3) is 0 Å². The molecule has 0 aromatic heterocycles. The maximum atomic E-state index is 9.35. The lowest BCUT2D eigenvalue weighted by atomic mass is 10.1. The van der Waals surface area contributed by atoms with Gasteiger partial charge < -0.3 is 10.4 Å². The van der Waals surface area contributed by atoms with Crippen molar-refractivity contribution >= 4 is 0 Å². The molecule has 2 nitrogen and oxygen atoms in total. The lowest BCUT2D eigenvalue weighted by Gasteiger charge is -2.16. The molecule has 0 heterocycles. The van der Waals surface area contributed by atoms with Crippen LogP contribution in [0, 0.1) is 0 Å². The molecule has 18 heavy (non-hydrogen) atoms. The second kappa shape index (κ2) is 9.86. The van der Waals surface area contributed by atoms with E-state index >= 15 is 0 Å². The first-order valence-electron chi connectivity index (χ1n) is 6.86. The first kappa shape index (κ1) is 14.9. The van der Waals surface area contributed by atoms with Gasteiger partial charge in [0.05, 0.1) is 6.61 Å². The molecule has 100 valence electrons. The zero-order valence-electron chi connectivity index (χ0n) is 11.1. The predicted octanol–water partition coefficient (Wildman–Crippen LogP) is 2.93. The molecule has 1 atom stereocenters. The van der Waals surface area contributed by atoms with Gasteiger partial charge in [-0.2, -0.15) is 0 Å². The number of hydrogen-bond acceptors (Lipinski definition) is 2. The van der Waals surface area contributed by atoms with Gasteiger partial charge in [0, 0.05) is 6.04 Å². The summed E-state index contributed by atoms with van der Waals surface area (Å²) < 4.78 is 0. The van der Waals surface area contributed by atoms with Gasteiger partial charge in [-0.15, -0.1) is 6.58 Å². The molecule has 0 aliphatic carbocycles. The Morgan fingerprint density at radius 1 is 1.17 bits per heavy atom. The fourth-order valence-electron chi connectivity index (χ4n) is 2.00. The maximum Gasteiger partial charge on any atom is 0.0587 e. The number of unbranched alkanes of at least 4 members (excludes halogenated alkanes) is 3. The average Bonchev–Trinajstić information content (AvgIpc) is 2.42. The Bertz CT molecular complexity index is 310. The van der Waals surface area contributed by atoms with Gasteiger partial charge in [0.1, 0.15) is 0 Å². The summed E-state index contributed by atoms with van der Waals surface area (Å²) in [6.07, 6.45) is 7.58. The van der Waals surface area contributed by atoms with Crippen LogP contribution < -0.4 is 5.32 Å². The highest BCUT2D eigenvalue weighted by molar-refractivity contribution is 5.15. The van der Waals surface area contributed by atoms with E-state index in [4.69, 9.17) is 0 Å². The zero-order valence-corrected chi connectivity index (χ0v) is 11.1. The lowest BCUT2D eigenvalue weighted by molar-refractivity contribution is 0.241. The summed E-state index contributed by atoms with van der Waals surface area (Å²) in [5.41, 5.74) is 1.27. The lowest BCUT2D eigenvalue weighted by Crippen LogP contribution is -2.35. The van der Waals surface area contributed by atoms with Crippen molar-refractivity contribution in [3.63, 3.8) is 0 Å². The van der Waals surface area contributed by atoms with E-state index in [0.29, 0.717) is 0 Å². The highest BCUT2D eigenvalue weighted by atomic mass is 16.3. The van der Waals surface area contributed by atoms with Gasteiger partial charge in [0.2, 0.25) is 0 Å². The Morgan fingerprint density at radius 2 is 1.94 bits per heavy atom. The van der Waals surface area contributed by atoms with Crippen molar-refractivity contribution < 1.29 is 5.11 Å². The quantitative estimate of drug-likeness (QED) is 0.492. The van der Waals surface area contributed by atoms with Crippen molar-refractivity contribution in [1.82, 2.24) is 5.32 Å². The second-order valence-electron chi connectivity index (χ2n) is 4.66. The monoisotopic (exact) mass is 247 g/mol. The summed E-state index contributed by atoms with van der Waals surface area (Å²) in [4.78, 5) is 0. The van der Waals surface area contributed by atoms with Crippen LogP contribution in [0.5, 0.6) is 0 Å². The topological polar surface area (TPSA) is 32.3 Å². The number of nitrogens with one attached hydrogen (secondary N) is 1. The first-order chi connectivity index (χ1) is 8.86. The van der Waals surface area contributed by atoms with Crippen LogP contribution in [0.4, 0.5) is 0 Å². The highest BCUT2D eigenvalue weighted by Crippen LogP contribution is 2.04. The third kappa shape index (κ3) is 6.58. The summed E-state index contributed by atoms with van der Waals surface area (Å²) in [6.45, 7) is 4.90. The maximum absolute atomic E-state index is 9.35. The Hall–Kier alpha value is -1.12. The van der Waals surface area contributed by atoms with E-state index in [2.05, 4.69) is 24.0 Å². The minimum absolute atomic E-state index is 0.173. The number of aliphatic hydroxyl groups is 1. The SMILES string of the molecule is C=CCCCCCNC(CO)Cc1ccccc1. The smallest absolute Gasteiger partial charge is 0.0587 e. The fraction of sp³-hybridized carbons (Fsp3) is 0.500. The van der Waals surface area contributed by atoms with E-state index in [1.807, 2.05) is 24.3 Å². The van der Waals surface area contributed by atoms with Crippen LogP contribution in [-0.4, -0.2) is 24.3 Å². The van der Waals surface area contributed by atoms with Crippen molar-refractivity contribution in [2.75, 3.05) is 13.2 Å². The molecule has 0 aliphatic rings. The van der Waals surface area contributed by atoms with Gasteiger partial charge in [-0.05, 0) is 37.8 Å². The molecule has 0 amide bonds. The minimum atomic E-state index is 0.173. The van der Waals surface area contributed by atoms with Crippen LogP contribution in [0.2, 0.25) is 0 Å². The Morgan fingerprint density at radius 3 is 2.61 bits per heavy atom. The van der Waals surface area contributed by atoms with Crippen molar-refractivity contribution in [3.8, 4) is 0 Å². The van der Waals surface area contributed by atoms with E-state index in [0.717, 1.165) is 19.4 Å². The van der Waals surface area contributed by atoms with Gasteiger partial charge in [-0.1, -0.05) is 42.8 Å². The predicted molar refractivity (Wildman–Crippen MR) is 77.7 cm³/mol. The average molecular weight is 247 g/mol. The molecule has 2 N–H and O–H groups in total. The number of allylic oxidation sites excluding steroid dienone is 1. The number of aliphatic hydroxyl groups excluding tert-OH is 1. The van der Waals surface area contributed by atoms with Crippen molar-refractivity contribution in [3.05, 3.63) is 48.6 Å². The molecule has 0 saturated carbocycles. The molecule has 1 aromatic rings. The van der Waals surface area contributed by atoms with Crippen LogP contribution >= 0.6 is 0 Å². The normalized spacial score (nSPS) is 12.3. The minimum Gasteiger partial charge on any atom is -0.395 e. The zero-order chi connectivity index (χ0) is 13.1. The second-order valence-corrected chi connectivity index (χ2v) is 4.66.